The van der Waals surface area contributed by atoms with Gasteiger partial charge in [-0.05, 0) is 33.3 Å². The van der Waals surface area contributed by atoms with Crippen molar-refractivity contribution < 1.29 is 10.0 Å². The van der Waals surface area contributed by atoms with E-state index in [1.54, 1.807) is 6.07 Å². The summed E-state index contributed by atoms with van der Waals surface area (Å²) in [4.78, 5) is 0. The highest BCUT2D eigenvalue weighted by Crippen LogP contribution is 2.47. The highest BCUT2D eigenvalue weighted by molar-refractivity contribution is 6.58. The second-order valence-electron chi connectivity index (χ2n) is 5.65. The van der Waals surface area contributed by atoms with Crippen LogP contribution in [0.1, 0.15) is 22.6 Å². The van der Waals surface area contributed by atoms with Crippen LogP contribution in [0.2, 0.25) is 0 Å². The van der Waals surface area contributed by atoms with Gasteiger partial charge >= 0.3 is 7.12 Å². The molecule has 0 radical (unpaired) electrons. The molecule has 0 saturated carbocycles. The van der Waals surface area contributed by atoms with Crippen molar-refractivity contribution in [3.8, 4) is 11.1 Å². The molecule has 0 unspecified atom stereocenters. The predicted octanol–water partition coefficient (Wildman–Crippen LogP) is 2.53. The summed E-state index contributed by atoms with van der Waals surface area (Å²) in [5, 5.41) is 18.9. The zero-order valence-corrected chi connectivity index (χ0v) is 12.0. The summed E-state index contributed by atoms with van der Waals surface area (Å²) in [6.45, 7) is 0. The zero-order valence-electron chi connectivity index (χ0n) is 12.0. The van der Waals surface area contributed by atoms with Crippen LogP contribution in [0, 0.1) is 0 Å². The van der Waals surface area contributed by atoms with Gasteiger partial charge in [0, 0.05) is 5.92 Å². The molecule has 0 amide bonds. The molecule has 22 heavy (non-hydrogen) atoms. The average molecular weight is 286 g/mol. The number of hydrogen-bond donors (Lipinski definition) is 2. The summed E-state index contributed by atoms with van der Waals surface area (Å²) in [7, 11) is -1.44. The lowest BCUT2D eigenvalue weighted by Gasteiger charge is -2.15. The molecule has 3 aromatic rings. The fourth-order valence-corrected chi connectivity index (χ4v) is 3.41. The Morgan fingerprint density at radius 3 is 1.86 bits per heavy atom. The van der Waals surface area contributed by atoms with Gasteiger partial charge in [-0.25, -0.2) is 0 Å². The van der Waals surface area contributed by atoms with E-state index in [0.717, 1.165) is 5.56 Å². The molecule has 0 fully saturated rings. The third-order valence-corrected chi connectivity index (χ3v) is 4.38. The van der Waals surface area contributed by atoms with Crippen molar-refractivity contribution >= 4 is 12.6 Å². The van der Waals surface area contributed by atoms with Crippen molar-refractivity contribution in [1.29, 1.82) is 0 Å². The maximum Gasteiger partial charge on any atom is 0.488 e. The number of hydrogen-bond acceptors (Lipinski definition) is 2. The molecule has 4 rings (SSSR count). The fourth-order valence-electron chi connectivity index (χ4n) is 3.41. The lowest BCUT2D eigenvalue weighted by Crippen LogP contribution is -2.30. The van der Waals surface area contributed by atoms with Gasteiger partial charge in [-0.3, -0.25) is 0 Å². The molecule has 3 aromatic carbocycles. The molecular weight excluding hydrogens is 271 g/mol. The topological polar surface area (TPSA) is 40.5 Å². The van der Waals surface area contributed by atoms with E-state index in [1.807, 2.05) is 12.1 Å². The molecule has 0 atom stereocenters. The Hall–Kier alpha value is -2.36. The molecule has 0 bridgehead atoms. The minimum absolute atomic E-state index is 0.145. The predicted molar refractivity (Wildman–Crippen MR) is 89.1 cm³/mol. The lowest BCUT2D eigenvalue weighted by atomic mass is 9.77. The van der Waals surface area contributed by atoms with E-state index in [9.17, 15) is 10.0 Å². The molecule has 2 nitrogen and oxygen atoms in total. The second-order valence-corrected chi connectivity index (χ2v) is 5.65. The third kappa shape index (κ3) is 1.98. The first kappa shape index (κ1) is 13.3. The summed E-state index contributed by atoms with van der Waals surface area (Å²) in [6, 6.07) is 24.4. The van der Waals surface area contributed by atoms with Crippen LogP contribution in [0.5, 0.6) is 0 Å². The second kappa shape index (κ2) is 5.13. The monoisotopic (exact) mass is 286 g/mol. The van der Waals surface area contributed by atoms with Gasteiger partial charge < -0.3 is 10.0 Å². The summed E-state index contributed by atoms with van der Waals surface area (Å²) < 4.78 is 0. The van der Waals surface area contributed by atoms with Crippen LogP contribution >= 0.6 is 0 Å². The highest BCUT2D eigenvalue weighted by Gasteiger charge is 2.29. The Balaban J connectivity index is 1.94. The number of benzene rings is 3. The molecule has 0 aromatic heterocycles. The van der Waals surface area contributed by atoms with Crippen molar-refractivity contribution in [3.05, 3.63) is 89.5 Å². The first-order valence-electron chi connectivity index (χ1n) is 7.40. The van der Waals surface area contributed by atoms with Gasteiger partial charge in [0.25, 0.3) is 0 Å². The zero-order chi connectivity index (χ0) is 15.1. The number of fused-ring (bicyclic) bond motifs is 3. The Morgan fingerprint density at radius 1 is 0.682 bits per heavy atom. The summed E-state index contributed by atoms with van der Waals surface area (Å²) in [5.74, 6) is 0.145. The maximum absolute atomic E-state index is 9.44. The molecule has 1 aliphatic carbocycles. The van der Waals surface area contributed by atoms with Crippen LogP contribution in [0.25, 0.3) is 11.1 Å². The first-order valence-corrected chi connectivity index (χ1v) is 7.40. The van der Waals surface area contributed by atoms with Crippen LogP contribution < -0.4 is 5.46 Å². The van der Waals surface area contributed by atoms with Gasteiger partial charge in [0.1, 0.15) is 0 Å². The molecule has 1 aliphatic rings. The van der Waals surface area contributed by atoms with Crippen molar-refractivity contribution in [2.45, 2.75) is 5.92 Å². The van der Waals surface area contributed by atoms with E-state index in [2.05, 4.69) is 54.6 Å². The maximum atomic E-state index is 9.44. The molecule has 0 aliphatic heterocycles. The van der Waals surface area contributed by atoms with Crippen LogP contribution in [-0.2, 0) is 0 Å². The highest BCUT2D eigenvalue weighted by atomic mass is 16.4. The first-order chi connectivity index (χ1) is 10.8. The SMILES string of the molecule is OB(O)c1cccc(C2c3ccccc3-c3ccccc32)c1. The van der Waals surface area contributed by atoms with Crippen molar-refractivity contribution in [2.24, 2.45) is 0 Å². The molecule has 0 spiro atoms. The smallest absolute Gasteiger partial charge is 0.423 e. The molecular formula is C19H15BO2. The Morgan fingerprint density at radius 2 is 1.27 bits per heavy atom. The van der Waals surface area contributed by atoms with Gasteiger partial charge in [0.15, 0.2) is 0 Å². The quantitative estimate of drug-likeness (QED) is 0.556. The number of rotatable bonds is 2. The van der Waals surface area contributed by atoms with Gasteiger partial charge in [0.2, 0.25) is 0 Å². The van der Waals surface area contributed by atoms with Gasteiger partial charge in [-0.1, -0.05) is 72.8 Å². The summed E-state index contributed by atoms with van der Waals surface area (Å²) in [6.07, 6.45) is 0. The van der Waals surface area contributed by atoms with Crippen molar-refractivity contribution in [3.63, 3.8) is 0 Å². The van der Waals surface area contributed by atoms with Gasteiger partial charge in [-0.15, -0.1) is 0 Å². The Labute approximate surface area is 129 Å². The molecule has 106 valence electrons. The van der Waals surface area contributed by atoms with Gasteiger partial charge in [0.05, 0.1) is 0 Å². The Kier molecular flexibility index (Phi) is 3.10. The van der Waals surface area contributed by atoms with E-state index < -0.39 is 7.12 Å². The van der Waals surface area contributed by atoms with Crippen LogP contribution in [0.4, 0.5) is 0 Å². The normalized spacial score (nSPS) is 12.8. The minimum Gasteiger partial charge on any atom is -0.423 e. The van der Waals surface area contributed by atoms with E-state index in [-0.39, 0.29) is 5.92 Å². The molecule has 0 heterocycles. The minimum atomic E-state index is -1.44. The molecule has 2 N–H and O–H groups in total. The van der Waals surface area contributed by atoms with E-state index in [1.165, 1.54) is 22.3 Å². The summed E-state index contributed by atoms with van der Waals surface area (Å²) >= 11 is 0. The van der Waals surface area contributed by atoms with E-state index in [4.69, 9.17) is 0 Å². The van der Waals surface area contributed by atoms with Gasteiger partial charge in [-0.2, -0.15) is 0 Å². The lowest BCUT2D eigenvalue weighted by molar-refractivity contribution is 0.425. The molecule has 0 saturated heterocycles. The average Bonchev–Trinajstić information content (AvgIpc) is 2.89. The van der Waals surface area contributed by atoms with E-state index in [0.29, 0.717) is 5.46 Å². The van der Waals surface area contributed by atoms with Crippen LogP contribution in [0.3, 0.4) is 0 Å². The third-order valence-electron chi connectivity index (χ3n) is 4.38. The van der Waals surface area contributed by atoms with Crippen molar-refractivity contribution in [2.75, 3.05) is 0 Å². The molecule has 3 heteroatoms. The summed E-state index contributed by atoms with van der Waals surface area (Å²) in [5.41, 5.74) is 6.68. The van der Waals surface area contributed by atoms with E-state index >= 15 is 0 Å². The van der Waals surface area contributed by atoms with Crippen molar-refractivity contribution in [1.82, 2.24) is 0 Å². The fraction of sp³-hybridized carbons (Fsp3) is 0.0526. The van der Waals surface area contributed by atoms with Crippen LogP contribution in [-0.4, -0.2) is 17.2 Å². The Bertz CT molecular complexity index is 797. The standard InChI is InChI=1S/C19H15BO2/c21-20(22)14-7-5-6-13(12-14)19-17-10-3-1-8-15(17)16-9-2-4-11-18(16)19/h1-12,19,21-22H. The van der Waals surface area contributed by atoms with Crippen LogP contribution in [0.15, 0.2) is 72.8 Å². The largest absolute Gasteiger partial charge is 0.488 e.